The van der Waals surface area contributed by atoms with Gasteiger partial charge in [0.2, 0.25) is 0 Å². The normalized spacial score (nSPS) is 33.7. The van der Waals surface area contributed by atoms with E-state index >= 15 is 0 Å². The smallest absolute Gasteiger partial charge is 0.148 e. The summed E-state index contributed by atoms with van der Waals surface area (Å²) >= 11 is 5.98. The Morgan fingerprint density at radius 2 is 2.28 bits per heavy atom. The summed E-state index contributed by atoms with van der Waals surface area (Å²) in [6, 6.07) is 0. The van der Waals surface area contributed by atoms with Crippen molar-refractivity contribution in [1.82, 2.24) is 4.90 Å². The van der Waals surface area contributed by atoms with Crippen LogP contribution in [-0.2, 0) is 4.74 Å². The fraction of sp³-hybridized carbons (Fsp3) is 0.579. The topological polar surface area (TPSA) is 63.2 Å². The Morgan fingerprint density at radius 3 is 2.92 bits per heavy atom. The largest absolute Gasteiger partial charge is 0.404 e. The number of piperidine rings is 1. The SMILES string of the molecule is C=C/C=C(\N=C(C)Cl)N1CC2CC2(C(C=NC2CCCCO2)=CN)C1. The van der Waals surface area contributed by atoms with E-state index in [9.17, 15) is 0 Å². The van der Waals surface area contributed by atoms with Crippen LogP contribution in [0.2, 0.25) is 0 Å². The molecule has 0 bridgehead atoms. The molecule has 3 aliphatic rings. The minimum atomic E-state index is -0.0190. The molecular formula is C19H27ClN4O. The molecule has 1 aliphatic carbocycles. The molecule has 2 heterocycles. The summed E-state index contributed by atoms with van der Waals surface area (Å²) in [5.41, 5.74) is 7.15. The lowest BCUT2D eigenvalue weighted by Gasteiger charge is -2.24. The van der Waals surface area contributed by atoms with Crippen molar-refractivity contribution in [3.8, 4) is 0 Å². The quantitative estimate of drug-likeness (QED) is 0.581. The molecular weight excluding hydrogens is 336 g/mol. The van der Waals surface area contributed by atoms with Crippen LogP contribution < -0.4 is 5.73 Å². The Morgan fingerprint density at radius 1 is 1.44 bits per heavy atom. The van der Waals surface area contributed by atoms with E-state index in [2.05, 4.69) is 21.5 Å². The van der Waals surface area contributed by atoms with Gasteiger partial charge in [-0.25, -0.2) is 4.99 Å². The van der Waals surface area contributed by atoms with Gasteiger partial charge in [0.15, 0.2) is 0 Å². The monoisotopic (exact) mass is 362 g/mol. The zero-order valence-electron chi connectivity index (χ0n) is 14.8. The first-order valence-corrected chi connectivity index (χ1v) is 9.32. The molecule has 0 aromatic heterocycles. The zero-order chi connectivity index (χ0) is 17.9. The zero-order valence-corrected chi connectivity index (χ0v) is 15.6. The lowest BCUT2D eigenvalue weighted by Crippen LogP contribution is -2.26. The Bertz CT molecular complexity index is 629. The van der Waals surface area contributed by atoms with Crippen molar-refractivity contribution in [2.45, 2.75) is 38.8 Å². The Labute approximate surface area is 155 Å². The maximum absolute atomic E-state index is 5.98. The number of likely N-dealkylation sites (tertiary alicyclic amines) is 1. The fourth-order valence-corrected chi connectivity index (χ4v) is 4.01. The predicted octanol–water partition coefficient (Wildman–Crippen LogP) is 3.43. The highest BCUT2D eigenvalue weighted by molar-refractivity contribution is 6.64. The highest BCUT2D eigenvalue weighted by atomic mass is 35.5. The number of nitrogens with zero attached hydrogens (tertiary/aromatic N) is 3. The lowest BCUT2D eigenvalue weighted by atomic mass is 9.96. The van der Waals surface area contributed by atoms with Crippen molar-refractivity contribution in [1.29, 1.82) is 0 Å². The molecule has 0 radical (unpaired) electrons. The minimum absolute atomic E-state index is 0.0190. The molecule has 25 heavy (non-hydrogen) atoms. The molecule has 0 spiro atoms. The van der Waals surface area contributed by atoms with Gasteiger partial charge in [-0.15, -0.1) is 0 Å². The van der Waals surface area contributed by atoms with E-state index in [4.69, 9.17) is 22.1 Å². The summed E-state index contributed by atoms with van der Waals surface area (Å²) in [5, 5.41) is 0.522. The summed E-state index contributed by atoms with van der Waals surface area (Å²) in [4.78, 5) is 11.3. The number of hydrogen-bond donors (Lipinski definition) is 1. The third kappa shape index (κ3) is 3.98. The van der Waals surface area contributed by atoms with Crippen molar-refractivity contribution in [3.63, 3.8) is 0 Å². The third-order valence-corrected chi connectivity index (χ3v) is 5.38. The standard InChI is InChI=1S/C19H27ClN4O/c1-3-6-17(23-14(2)20)24-12-15-9-19(15,13-24)16(10-21)11-22-18-7-4-5-8-25-18/h3,6,10-11,15,18H,1,4-5,7-9,12-13,21H2,2H3/b16-10?,17-6+,22-11?,23-14?. The first-order chi connectivity index (χ1) is 12.1. The van der Waals surface area contributed by atoms with E-state index in [0.29, 0.717) is 11.1 Å². The van der Waals surface area contributed by atoms with E-state index in [1.165, 1.54) is 6.42 Å². The minimum Gasteiger partial charge on any atom is -0.404 e. The molecule has 3 atom stereocenters. The molecule has 2 N–H and O–H groups in total. The Hall–Kier alpha value is -1.59. The fourth-order valence-electron chi connectivity index (χ4n) is 3.92. The number of ether oxygens (including phenoxy) is 1. The molecule has 1 saturated carbocycles. The van der Waals surface area contributed by atoms with E-state index in [1.54, 1.807) is 19.2 Å². The maximum atomic E-state index is 5.98. The van der Waals surface area contributed by atoms with Crippen molar-refractivity contribution in [2.75, 3.05) is 19.7 Å². The van der Waals surface area contributed by atoms with Gasteiger partial charge in [-0.1, -0.05) is 24.3 Å². The maximum Gasteiger partial charge on any atom is 0.148 e. The van der Waals surface area contributed by atoms with Crippen LogP contribution >= 0.6 is 11.6 Å². The van der Waals surface area contributed by atoms with E-state index < -0.39 is 0 Å². The van der Waals surface area contributed by atoms with Crippen LogP contribution in [0.15, 0.2) is 46.3 Å². The van der Waals surface area contributed by atoms with Crippen LogP contribution in [0.3, 0.4) is 0 Å². The van der Waals surface area contributed by atoms with Gasteiger partial charge in [0.1, 0.15) is 17.2 Å². The number of halogens is 1. The van der Waals surface area contributed by atoms with Crippen LogP contribution in [0, 0.1) is 11.3 Å². The highest BCUT2D eigenvalue weighted by Gasteiger charge is 2.61. The average molecular weight is 363 g/mol. The van der Waals surface area contributed by atoms with Gasteiger partial charge in [0.25, 0.3) is 0 Å². The second-order valence-corrected chi connectivity index (χ2v) is 7.58. The molecule has 136 valence electrons. The number of fused-ring (bicyclic) bond motifs is 1. The van der Waals surface area contributed by atoms with Crippen LogP contribution in [0.5, 0.6) is 0 Å². The summed E-state index contributed by atoms with van der Waals surface area (Å²) in [6.45, 7) is 8.20. The molecule has 2 saturated heterocycles. The van der Waals surface area contributed by atoms with E-state index in [1.807, 2.05) is 12.3 Å². The number of hydrogen-bond acceptors (Lipinski definition) is 5. The molecule has 5 nitrogen and oxygen atoms in total. The first kappa shape index (κ1) is 18.2. The molecule has 0 amide bonds. The summed E-state index contributed by atoms with van der Waals surface area (Å²) in [6.07, 6.45) is 11.7. The van der Waals surface area contributed by atoms with Gasteiger partial charge in [0.05, 0.1) is 0 Å². The van der Waals surface area contributed by atoms with Gasteiger partial charge in [0, 0.05) is 31.3 Å². The number of nitrogens with two attached hydrogens (primary N) is 1. The number of allylic oxidation sites excluding steroid dienone is 2. The average Bonchev–Trinajstić information content (AvgIpc) is 3.16. The second kappa shape index (κ2) is 7.75. The van der Waals surface area contributed by atoms with E-state index in [0.717, 1.165) is 50.4 Å². The molecule has 3 rings (SSSR count). The van der Waals surface area contributed by atoms with Gasteiger partial charge in [-0.2, -0.15) is 0 Å². The van der Waals surface area contributed by atoms with Gasteiger partial charge >= 0.3 is 0 Å². The van der Waals surface area contributed by atoms with Crippen molar-refractivity contribution >= 4 is 23.0 Å². The van der Waals surface area contributed by atoms with Gasteiger partial charge in [-0.05, 0) is 56.4 Å². The highest BCUT2D eigenvalue weighted by Crippen LogP contribution is 2.62. The van der Waals surface area contributed by atoms with Crippen LogP contribution in [-0.4, -0.2) is 42.2 Å². The Balaban J connectivity index is 1.70. The van der Waals surface area contributed by atoms with Crippen LogP contribution in [0.25, 0.3) is 0 Å². The second-order valence-electron chi connectivity index (χ2n) is 7.03. The molecule has 0 aromatic rings. The molecule has 3 unspecified atom stereocenters. The molecule has 0 aromatic carbocycles. The van der Waals surface area contributed by atoms with Gasteiger partial charge < -0.3 is 15.4 Å². The molecule has 3 fully saturated rings. The summed E-state index contributed by atoms with van der Waals surface area (Å²) < 4.78 is 5.69. The molecule has 2 aliphatic heterocycles. The first-order valence-electron chi connectivity index (χ1n) is 8.94. The summed E-state index contributed by atoms with van der Waals surface area (Å²) in [5.74, 6) is 1.44. The summed E-state index contributed by atoms with van der Waals surface area (Å²) in [7, 11) is 0. The van der Waals surface area contributed by atoms with E-state index in [-0.39, 0.29) is 11.6 Å². The predicted molar refractivity (Wildman–Crippen MR) is 104 cm³/mol. The van der Waals surface area contributed by atoms with Crippen molar-refractivity contribution in [3.05, 3.63) is 36.3 Å². The Kier molecular flexibility index (Phi) is 5.64. The van der Waals surface area contributed by atoms with Crippen LogP contribution in [0.1, 0.15) is 32.6 Å². The number of rotatable bonds is 6. The van der Waals surface area contributed by atoms with Crippen LogP contribution in [0.4, 0.5) is 0 Å². The third-order valence-electron chi connectivity index (χ3n) is 5.30. The van der Waals surface area contributed by atoms with Crippen molar-refractivity contribution in [2.24, 2.45) is 27.1 Å². The van der Waals surface area contributed by atoms with Gasteiger partial charge in [-0.3, -0.25) is 4.99 Å². The lowest BCUT2D eigenvalue weighted by molar-refractivity contribution is 0.0226. The van der Waals surface area contributed by atoms with Crippen molar-refractivity contribution < 1.29 is 4.74 Å². The number of aliphatic imine (C=N–C) groups is 2. The molecule has 6 heteroatoms.